The molecule has 0 saturated heterocycles. The van der Waals surface area contributed by atoms with Gasteiger partial charge in [0.25, 0.3) is 0 Å². The van der Waals surface area contributed by atoms with Crippen molar-refractivity contribution in [3.05, 3.63) is 58.1 Å². The predicted octanol–water partition coefficient (Wildman–Crippen LogP) is 2.92. The molecular formula is C15H12BrNO3S. The molecule has 0 bridgehead atoms. The Hall–Kier alpha value is -1.66. The van der Waals surface area contributed by atoms with Crippen molar-refractivity contribution >= 4 is 37.4 Å². The van der Waals surface area contributed by atoms with Gasteiger partial charge in [0.05, 0.1) is 17.1 Å². The van der Waals surface area contributed by atoms with Gasteiger partial charge in [-0.25, -0.2) is 8.42 Å². The maximum absolute atomic E-state index is 12.5. The molecule has 6 heteroatoms. The third-order valence-electron chi connectivity index (χ3n) is 3.31. The van der Waals surface area contributed by atoms with E-state index in [2.05, 4.69) is 21.2 Å². The Bertz CT molecular complexity index is 831. The highest BCUT2D eigenvalue weighted by Crippen LogP contribution is 2.27. The van der Waals surface area contributed by atoms with E-state index in [9.17, 15) is 13.2 Å². The van der Waals surface area contributed by atoms with E-state index in [4.69, 9.17) is 0 Å². The average molecular weight is 366 g/mol. The summed E-state index contributed by atoms with van der Waals surface area (Å²) < 4.78 is 25.8. The van der Waals surface area contributed by atoms with E-state index in [1.54, 1.807) is 30.3 Å². The van der Waals surface area contributed by atoms with Gasteiger partial charge in [-0.15, -0.1) is 0 Å². The summed E-state index contributed by atoms with van der Waals surface area (Å²) in [7, 11) is -3.43. The number of carbonyl (C=O) groups is 1. The van der Waals surface area contributed by atoms with Crippen LogP contribution in [0.15, 0.2) is 51.8 Å². The molecule has 0 saturated carbocycles. The molecule has 3 rings (SSSR count). The molecular weight excluding hydrogens is 354 g/mol. The highest BCUT2D eigenvalue weighted by atomic mass is 79.9. The van der Waals surface area contributed by atoms with Gasteiger partial charge < -0.3 is 5.32 Å². The third kappa shape index (κ3) is 3.01. The van der Waals surface area contributed by atoms with Gasteiger partial charge >= 0.3 is 0 Å². The molecule has 4 nitrogen and oxygen atoms in total. The number of hydrogen-bond acceptors (Lipinski definition) is 3. The number of rotatable bonds is 3. The summed E-state index contributed by atoms with van der Waals surface area (Å²) in [6.45, 7) is 0. The zero-order valence-corrected chi connectivity index (χ0v) is 13.4. The normalized spacial score (nSPS) is 13.9. The van der Waals surface area contributed by atoms with Crippen molar-refractivity contribution in [1.29, 1.82) is 0 Å². The minimum absolute atomic E-state index is 0.0629. The second-order valence-corrected chi connectivity index (χ2v) is 7.84. The fourth-order valence-corrected chi connectivity index (χ4v) is 4.16. The van der Waals surface area contributed by atoms with Crippen molar-refractivity contribution < 1.29 is 13.2 Å². The molecule has 2 aromatic rings. The Balaban J connectivity index is 1.92. The van der Waals surface area contributed by atoms with Crippen LogP contribution in [0, 0.1) is 0 Å². The molecule has 1 aliphatic heterocycles. The molecule has 1 heterocycles. The van der Waals surface area contributed by atoms with Crippen LogP contribution in [0.5, 0.6) is 0 Å². The molecule has 0 fully saturated rings. The van der Waals surface area contributed by atoms with Gasteiger partial charge in [-0.3, -0.25) is 4.79 Å². The van der Waals surface area contributed by atoms with Crippen molar-refractivity contribution in [2.24, 2.45) is 0 Å². The number of sulfone groups is 1. The number of halogens is 1. The predicted molar refractivity (Wildman–Crippen MR) is 83.8 cm³/mol. The van der Waals surface area contributed by atoms with Crippen LogP contribution in [0.2, 0.25) is 0 Å². The number of nitrogens with one attached hydrogen (secondary N) is 1. The van der Waals surface area contributed by atoms with Gasteiger partial charge in [0.2, 0.25) is 5.91 Å². The Morgan fingerprint density at radius 1 is 1.14 bits per heavy atom. The Morgan fingerprint density at radius 3 is 2.71 bits per heavy atom. The van der Waals surface area contributed by atoms with Crippen molar-refractivity contribution in [2.45, 2.75) is 17.1 Å². The van der Waals surface area contributed by atoms with Crippen molar-refractivity contribution in [3.8, 4) is 0 Å². The van der Waals surface area contributed by atoms with Crippen LogP contribution in [-0.2, 0) is 26.8 Å². The van der Waals surface area contributed by atoms with Crippen LogP contribution in [0.25, 0.3) is 0 Å². The van der Waals surface area contributed by atoms with E-state index < -0.39 is 9.84 Å². The molecule has 0 unspecified atom stereocenters. The van der Waals surface area contributed by atoms with E-state index in [0.717, 1.165) is 15.6 Å². The first-order chi connectivity index (χ1) is 9.94. The number of anilines is 1. The lowest BCUT2D eigenvalue weighted by Crippen LogP contribution is -2.05. The van der Waals surface area contributed by atoms with Crippen LogP contribution in [0.1, 0.15) is 11.1 Å². The van der Waals surface area contributed by atoms with E-state index in [1.807, 2.05) is 6.07 Å². The molecule has 1 amide bonds. The fraction of sp³-hybridized carbons (Fsp3) is 0.133. The van der Waals surface area contributed by atoms with Gasteiger partial charge in [-0.1, -0.05) is 28.1 Å². The second kappa shape index (κ2) is 5.27. The molecule has 108 valence electrons. The molecule has 21 heavy (non-hydrogen) atoms. The first-order valence-corrected chi connectivity index (χ1v) is 8.78. The van der Waals surface area contributed by atoms with Gasteiger partial charge in [0.1, 0.15) is 0 Å². The van der Waals surface area contributed by atoms with Crippen LogP contribution >= 0.6 is 15.9 Å². The molecule has 2 aromatic carbocycles. The van der Waals surface area contributed by atoms with E-state index >= 15 is 0 Å². The van der Waals surface area contributed by atoms with Gasteiger partial charge in [-0.2, -0.15) is 0 Å². The molecule has 0 aromatic heterocycles. The number of carbonyl (C=O) groups excluding carboxylic acids is 1. The molecule has 0 spiro atoms. The first-order valence-electron chi connectivity index (χ1n) is 6.34. The number of hydrogen-bond donors (Lipinski definition) is 1. The fourth-order valence-electron chi connectivity index (χ4n) is 2.33. The van der Waals surface area contributed by atoms with Crippen LogP contribution < -0.4 is 5.32 Å². The minimum Gasteiger partial charge on any atom is -0.326 e. The molecule has 0 aliphatic carbocycles. The number of amides is 1. The van der Waals surface area contributed by atoms with Gasteiger partial charge in [0, 0.05) is 10.2 Å². The number of fused-ring (bicyclic) bond motifs is 1. The van der Waals surface area contributed by atoms with Crippen LogP contribution in [0.3, 0.4) is 0 Å². The van der Waals surface area contributed by atoms with Crippen molar-refractivity contribution in [1.82, 2.24) is 0 Å². The smallest absolute Gasteiger partial charge is 0.228 e. The number of benzene rings is 2. The van der Waals surface area contributed by atoms with Gasteiger partial charge in [-0.05, 0) is 41.5 Å². The zero-order chi connectivity index (χ0) is 15.0. The topological polar surface area (TPSA) is 63.2 Å². The maximum atomic E-state index is 12.5. The largest absolute Gasteiger partial charge is 0.326 e. The standard InChI is InChI=1S/C15H12BrNO3S/c16-12-3-1-2-10(6-12)9-21(19,20)13-4-5-14-11(7-13)8-15(18)17-14/h1-7H,8-9H2,(H,17,18). The Labute approximate surface area is 131 Å². The summed E-state index contributed by atoms with van der Waals surface area (Å²) in [6.07, 6.45) is 0.232. The molecule has 1 N–H and O–H groups in total. The zero-order valence-electron chi connectivity index (χ0n) is 11.0. The lowest BCUT2D eigenvalue weighted by molar-refractivity contribution is -0.115. The third-order valence-corrected chi connectivity index (χ3v) is 5.49. The second-order valence-electron chi connectivity index (χ2n) is 4.93. The average Bonchev–Trinajstić information content (AvgIpc) is 2.77. The highest BCUT2D eigenvalue weighted by Gasteiger charge is 2.22. The maximum Gasteiger partial charge on any atom is 0.228 e. The SMILES string of the molecule is O=C1Cc2cc(S(=O)(=O)Cc3cccc(Br)c3)ccc2N1. The van der Waals surface area contributed by atoms with Crippen LogP contribution in [0.4, 0.5) is 5.69 Å². The van der Waals surface area contributed by atoms with Crippen molar-refractivity contribution in [2.75, 3.05) is 5.32 Å². The Morgan fingerprint density at radius 2 is 1.95 bits per heavy atom. The van der Waals surface area contributed by atoms with Crippen LogP contribution in [-0.4, -0.2) is 14.3 Å². The lowest BCUT2D eigenvalue weighted by Gasteiger charge is -2.07. The van der Waals surface area contributed by atoms with Crippen molar-refractivity contribution in [3.63, 3.8) is 0 Å². The summed E-state index contributed by atoms with van der Waals surface area (Å²) in [5.74, 6) is -0.168. The summed E-state index contributed by atoms with van der Waals surface area (Å²) in [5, 5.41) is 2.69. The first kappa shape index (κ1) is 14.3. The Kier molecular flexibility index (Phi) is 3.59. The quantitative estimate of drug-likeness (QED) is 0.909. The summed E-state index contributed by atoms with van der Waals surface area (Å²) in [5.41, 5.74) is 2.15. The minimum atomic E-state index is -3.43. The summed E-state index contributed by atoms with van der Waals surface area (Å²) >= 11 is 3.33. The summed E-state index contributed by atoms with van der Waals surface area (Å²) in [6, 6.07) is 12.0. The van der Waals surface area contributed by atoms with E-state index in [1.165, 1.54) is 6.07 Å². The molecule has 0 radical (unpaired) electrons. The van der Waals surface area contributed by atoms with E-state index in [0.29, 0.717) is 5.69 Å². The highest BCUT2D eigenvalue weighted by molar-refractivity contribution is 9.10. The monoisotopic (exact) mass is 365 g/mol. The molecule has 0 atom stereocenters. The molecule has 1 aliphatic rings. The summed E-state index contributed by atoms with van der Waals surface area (Å²) in [4.78, 5) is 11.6. The van der Waals surface area contributed by atoms with E-state index in [-0.39, 0.29) is 23.0 Å². The lowest BCUT2D eigenvalue weighted by atomic mass is 10.2. The van der Waals surface area contributed by atoms with Gasteiger partial charge in [0.15, 0.2) is 9.84 Å².